The Balaban J connectivity index is 3.25. The highest BCUT2D eigenvalue weighted by Crippen LogP contribution is 2.24. The fraction of sp³-hybridized carbons (Fsp3) is 0.111. The topological polar surface area (TPSA) is 55.2 Å². The summed E-state index contributed by atoms with van der Waals surface area (Å²) in [6.07, 6.45) is 5.15. The zero-order valence-corrected chi connectivity index (χ0v) is 7.07. The molecule has 13 heavy (non-hydrogen) atoms. The molecule has 4 heteroatoms. The van der Waals surface area contributed by atoms with Crippen molar-refractivity contribution in [2.45, 2.75) is 0 Å². The van der Waals surface area contributed by atoms with Gasteiger partial charge in [-0.3, -0.25) is 10.1 Å². The average molecular weight is 176 g/mol. The monoisotopic (exact) mass is 176 g/mol. The van der Waals surface area contributed by atoms with E-state index in [1.54, 1.807) is 19.2 Å². The molecule has 0 saturated carbocycles. The fourth-order valence-corrected chi connectivity index (χ4v) is 0.985. The molecular weight excluding hydrogens is 168 g/mol. The van der Waals surface area contributed by atoms with Gasteiger partial charge in [0.05, 0.1) is 4.92 Å². The van der Waals surface area contributed by atoms with Gasteiger partial charge in [-0.1, -0.05) is 5.92 Å². The number of hydrogen-bond donors (Lipinski definition) is 1. The lowest BCUT2D eigenvalue weighted by Crippen LogP contribution is -1.96. The average Bonchev–Trinajstić information content (AvgIpc) is 2.16. The van der Waals surface area contributed by atoms with Crippen molar-refractivity contribution < 1.29 is 4.92 Å². The Bertz CT molecular complexity index is 380. The third kappa shape index (κ3) is 1.76. The summed E-state index contributed by atoms with van der Waals surface area (Å²) < 4.78 is 0. The van der Waals surface area contributed by atoms with Gasteiger partial charge in [0.25, 0.3) is 5.69 Å². The molecule has 0 aromatic heterocycles. The lowest BCUT2D eigenvalue weighted by Gasteiger charge is -2.01. The lowest BCUT2D eigenvalue weighted by atomic mass is 10.2. The van der Waals surface area contributed by atoms with E-state index in [1.165, 1.54) is 6.07 Å². The first-order chi connectivity index (χ1) is 6.19. The van der Waals surface area contributed by atoms with Crippen LogP contribution in [0.25, 0.3) is 0 Å². The highest BCUT2D eigenvalue weighted by molar-refractivity contribution is 5.64. The molecule has 0 aliphatic rings. The van der Waals surface area contributed by atoms with Gasteiger partial charge in [-0.2, -0.15) is 0 Å². The van der Waals surface area contributed by atoms with Gasteiger partial charge in [0.1, 0.15) is 5.69 Å². The minimum Gasteiger partial charge on any atom is -0.383 e. The Morgan fingerprint density at radius 2 is 2.31 bits per heavy atom. The SMILES string of the molecule is C#Cc1ccc([N+](=O)[O-])c(NC)c1. The lowest BCUT2D eigenvalue weighted by molar-refractivity contribution is -0.383. The van der Waals surface area contributed by atoms with Gasteiger partial charge in [0, 0.05) is 18.7 Å². The van der Waals surface area contributed by atoms with Crippen LogP contribution < -0.4 is 5.32 Å². The third-order valence-corrected chi connectivity index (χ3v) is 1.63. The van der Waals surface area contributed by atoms with Crippen LogP contribution in [0.3, 0.4) is 0 Å². The van der Waals surface area contributed by atoms with Crippen molar-refractivity contribution in [3.05, 3.63) is 33.9 Å². The second kappa shape index (κ2) is 3.59. The molecule has 0 bridgehead atoms. The number of nitro groups is 1. The summed E-state index contributed by atoms with van der Waals surface area (Å²) in [6, 6.07) is 4.50. The molecule has 0 heterocycles. The van der Waals surface area contributed by atoms with E-state index in [4.69, 9.17) is 6.42 Å². The van der Waals surface area contributed by atoms with E-state index < -0.39 is 4.92 Å². The van der Waals surface area contributed by atoms with Gasteiger partial charge >= 0.3 is 0 Å². The van der Waals surface area contributed by atoms with Crippen molar-refractivity contribution in [3.8, 4) is 12.3 Å². The quantitative estimate of drug-likeness (QED) is 0.423. The van der Waals surface area contributed by atoms with Gasteiger partial charge in [-0.25, -0.2) is 0 Å². The molecule has 0 fully saturated rings. The molecule has 0 aliphatic heterocycles. The highest BCUT2D eigenvalue weighted by atomic mass is 16.6. The molecule has 1 aromatic carbocycles. The van der Waals surface area contributed by atoms with Crippen LogP contribution in [0.5, 0.6) is 0 Å². The van der Waals surface area contributed by atoms with Crippen LogP contribution in [0.15, 0.2) is 18.2 Å². The summed E-state index contributed by atoms with van der Waals surface area (Å²) in [6.45, 7) is 0. The second-order valence-corrected chi connectivity index (χ2v) is 2.38. The maximum Gasteiger partial charge on any atom is 0.292 e. The van der Waals surface area contributed by atoms with Crippen molar-refractivity contribution in [3.63, 3.8) is 0 Å². The number of nitrogens with one attached hydrogen (secondary N) is 1. The Hall–Kier alpha value is -2.02. The molecule has 1 N–H and O–H groups in total. The second-order valence-electron chi connectivity index (χ2n) is 2.38. The molecular formula is C9H8N2O2. The number of hydrogen-bond acceptors (Lipinski definition) is 3. The van der Waals surface area contributed by atoms with Crippen LogP contribution >= 0.6 is 0 Å². The molecule has 4 nitrogen and oxygen atoms in total. The summed E-state index contributed by atoms with van der Waals surface area (Å²) in [4.78, 5) is 10.0. The predicted octanol–water partition coefficient (Wildman–Crippen LogP) is 1.62. The smallest absolute Gasteiger partial charge is 0.292 e. The van der Waals surface area contributed by atoms with Crippen LogP contribution in [0.1, 0.15) is 5.56 Å². The number of nitrogens with zero attached hydrogens (tertiary/aromatic N) is 1. The number of nitro benzene ring substituents is 1. The summed E-state index contributed by atoms with van der Waals surface area (Å²) in [5.74, 6) is 2.41. The number of rotatable bonds is 2. The van der Waals surface area contributed by atoms with Gasteiger partial charge in [0.15, 0.2) is 0 Å². The molecule has 0 spiro atoms. The molecule has 0 aliphatic carbocycles. The van der Waals surface area contributed by atoms with Crippen molar-refractivity contribution in [1.29, 1.82) is 0 Å². The highest BCUT2D eigenvalue weighted by Gasteiger charge is 2.11. The fourth-order valence-electron chi connectivity index (χ4n) is 0.985. The minimum absolute atomic E-state index is 0.0292. The van der Waals surface area contributed by atoms with Gasteiger partial charge in [0.2, 0.25) is 0 Å². The van der Waals surface area contributed by atoms with Crippen molar-refractivity contribution in [2.24, 2.45) is 0 Å². The van der Waals surface area contributed by atoms with Crippen LogP contribution in [-0.2, 0) is 0 Å². The van der Waals surface area contributed by atoms with E-state index in [9.17, 15) is 10.1 Å². The van der Waals surface area contributed by atoms with Crippen LogP contribution in [-0.4, -0.2) is 12.0 Å². The van der Waals surface area contributed by atoms with Crippen molar-refractivity contribution >= 4 is 11.4 Å². The summed E-state index contributed by atoms with van der Waals surface area (Å²) in [5, 5.41) is 13.2. The van der Waals surface area contributed by atoms with Gasteiger partial charge < -0.3 is 5.32 Å². The van der Waals surface area contributed by atoms with E-state index in [1.807, 2.05) is 0 Å². The number of benzene rings is 1. The molecule has 0 saturated heterocycles. The normalized spacial score (nSPS) is 8.92. The summed E-state index contributed by atoms with van der Waals surface area (Å²) >= 11 is 0. The Kier molecular flexibility index (Phi) is 2.50. The Morgan fingerprint density at radius 3 is 2.77 bits per heavy atom. The first-order valence-electron chi connectivity index (χ1n) is 3.62. The molecule has 0 unspecified atom stereocenters. The van der Waals surface area contributed by atoms with Crippen molar-refractivity contribution in [2.75, 3.05) is 12.4 Å². The molecule has 0 radical (unpaired) electrons. The first kappa shape index (κ1) is 9.07. The minimum atomic E-state index is -0.452. The van der Waals surface area contributed by atoms with Crippen LogP contribution in [0.2, 0.25) is 0 Å². The molecule has 1 aromatic rings. The zero-order valence-electron chi connectivity index (χ0n) is 7.07. The molecule has 0 amide bonds. The van der Waals surface area contributed by atoms with Crippen LogP contribution in [0.4, 0.5) is 11.4 Å². The number of terminal acetylenes is 1. The Labute approximate surface area is 75.7 Å². The van der Waals surface area contributed by atoms with E-state index in [-0.39, 0.29) is 5.69 Å². The van der Waals surface area contributed by atoms with E-state index >= 15 is 0 Å². The summed E-state index contributed by atoms with van der Waals surface area (Å²) in [5.41, 5.74) is 1.08. The van der Waals surface area contributed by atoms with Gasteiger partial charge in [-0.05, 0) is 12.1 Å². The van der Waals surface area contributed by atoms with Crippen LogP contribution in [0, 0.1) is 22.5 Å². The van der Waals surface area contributed by atoms with E-state index in [0.29, 0.717) is 11.3 Å². The molecule has 66 valence electrons. The van der Waals surface area contributed by atoms with Gasteiger partial charge in [-0.15, -0.1) is 6.42 Å². The Morgan fingerprint density at radius 1 is 1.62 bits per heavy atom. The maximum atomic E-state index is 10.5. The van der Waals surface area contributed by atoms with Crippen molar-refractivity contribution in [1.82, 2.24) is 0 Å². The predicted molar refractivity (Wildman–Crippen MR) is 50.6 cm³/mol. The summed E-state index contributed by atoms with van der Waals surface area (Å²) in [7, 11) is 1.61. The maximum absolute atomic E-state index is 10.5. The first-order valence-corrected chi connectivity index (χ1v) is 3.62. The zero-order chi connectivity index (χ0) is 9.84. The molecule has 1 rings (SSSR count). The van der Waals surface area contributed by atoms with E-state index in [2.05, 4.69) is 11.2 Å². The number of anilines is 1. The standard InChI is InChI=1S/C9H8N2O2/c1-3-7-4-5-9(11(12)13)8(6-7)10-2/h1,4-6,10H,2H3. The molecule has 0 atom stereocenters. The van der Waals surface area contributed by atoms with E-state index in [0.717, 1.165) is 0 Å². The third-order valence-electron chi connectivity index (χ3n) is 1.63. The largest absolute Gasteiger partial charge is 0.383 e.